The molecule has 4 nitrogen and oxygen atoms in total. The van der Waals surface area contributed by atoms with Gasteiger partial charge in [0.05, 0.1) is 16.6 Å². The zero-order valence-corrected chi connectivity index (χ0v) is 42.2. The molecular formula is C57H66N3OPt-. The Morgan fingerprint density at radius 1 is 0.532 bits per heavy atom. The van der Waals surface area contributed by atoms with Crippen LogP contribution < -0.4 is 0 Å². The van der Waals surface area contributed by atoms with E-state index >= 15 is 0 Å². The Bertz CT molecular complexity index is 2740. The molecule has 0 saturated heterocycles. The molecule has 0 atom stereocenters. The van der Waals surface area contributed by atoms with E-state index in [1.807, 2.05) is 12.3 Å². The molecule has 0 amide bonds. The summed E-state index contributed by atoms with van der Waals surface area (Å²) in [6.45, 7) is 35.9. The number of rotatable bonds is 5. The molecule has 0 aliphatic heterocycles. The molecule has 1 N–H and O–H groups in total. The number of aromatic hydroxyl groups is 1. The summed E-state index contributed by atoms with van der Waals surface area (Å²) in [5.74, 6) is 0.977. The van der Waals surface area contributed by atoms with Crippen LogP contribution >= 0.6 is 0 Å². The van der Waals surface area contributed by atoms with E-state index in [-0.39, 0.29) is 53.9 Å². The van der Waals surface area contributed by atoms with Gasteiger partial charge in [0.2, 0.25) is 0 Å². The first kappa shape index (κ1) is 46.7. The molecule has 0 spiro atoms. The molecule has 62 heavy (non-hydrogen) atoms. The maximum atomic E-state index is 12.6. The van der Waals surface area contributed by atoms with E-state index in [0.717, 1.165) is 72.5 Å². The molecule has 7 aromatic rings. The van der Waals surface area contributed by atoms with Crippen LogP contribution in [0.25, 0.3) is 61.6 Å². The maximum absolute atomic E-state index is 12.6. The Hall–Kier alpha value is -4.79. The van der Waals surface area contributed by atoms with Gasteiger partial charge in [-0.2, -0.15) is 0 Å². The van der Waals surface area contributed by atoms with Crippen LogP contribution in [-0.4, -0.2) is 19.6 Å². The minimum atomic E-state index is -0.319. The fourth-order valence-electron chi connectivity index (χ4n) is 8.01. The van der Waals surface area contributed by atoms with Crippen LogP contribution in [0, 0.1) is 13.0 Å². The monoisotopic (exact) mass is 1000 g/mol. The van der Waals surface area contributed by atoms with Crippen molar-refractivity contribution in [3.05, 3.63) is 143 Å². The molecule has 5 heteroatoms. The van der Waals surface area contributed by atoms with Gasteiger partial charge in [-0.1, -0.05) is 181 Å². The minimum Gasteiger partial charge on any atom is -0.507 e. The van der Waals surface area contributed by atoms with E-state index in [4.69, 9.17) is 9.97 Å². The normalized spacial score (nSPS) is 12.8. The molecule has 0 saturated carbocycles. The Morgan fingerprint density at radius 3 is 1.61 bits per heavy atom. The topological polar surface area (TPSA) is 50.9 Å². The summed E-state index contributed by atoms with van der Waals surface area (Å²) in [7, 11) is 0. The molecule has 0 aliphatic carbocycles. The summed E-state index contributed by atoms with van der Waals surface area (Å²) in [6, 6.07) is 39.1. The van der Waals surface area contributed by atoms with Crippen molar-refractivity contribution in [3.8, 4) is 56.3 Å². The molecule has 2 aromatic heterocycles. The van der Waals surface area contributed by atoms with Crippen LogP contribution in [0.15, 0.2) is 103 Å². The molecule has 0 aliphatic rings. The number of pyridine rings is 1. The first-order valence-electron chi connectivity index (χ1n) is 21.9. The first-order chi connectivity index (χ1) is 28.2. The molecule has 326 valence electrons. The third-order valence-electron chi connectivity index (χ3n) is 12.0. The Labute approximate surface area is 386 Å². The molecule has 2 heterocycles. The fraction of sp³-hybridized carbons (Fsp3) is 0.368. The predicted octanol–water partition coefficient (Wildman–Crippen LogP) is 15.4. The molecule has 7 rings (SSSR count). The second kappa shape index (κ2) is 16.4. The number of phenols is 1. The van der Waals surface area contributed by atoms with E-state index < -0.39 is 0 Å². The second-order valence-electron chi connectivity index (χ2n) is 22.4. The van der Waals surface area contributed by atoms with Gasteiger partial charge in [-0.25, -0.2) is 4.98 Å². The van der Waals surface area contributed by atoms with Crippen LogP contribution in [0.1, 0.15) is 137 Å². The first-order valence-corrected chi connectivity index (χ1v) is 21.9. The molecule has 0 fully saturated rings. The number of phenolic OH excluding ortho intramolecular Hbond substituents is 1. The van der Waals surface area contributed by atoms with Gasteiger partial charge < -0.3 is 5.11 Å². The zero-order chi connectivity index (χ0) is 44.6. The molecule has 0 unspecified atom stereocenters. The molecule has 5 aromatic carbocycles. The maximum Gasteiger partial charge on any atom is 0.148 e. The van der Waals surface area contributed by atoms with Crippen molar-refractivity contribution in [1.82, 2.24) is 14.5 Å². The van der Waals surface area contributed by atoms with Crippen molar-refractivity contribution in [3.63, 3.8) is 0 Å². The standard InChI is InChI=1S/C57H66N3O.Pt/c1-35-22-23-58-48(24-35)39-26-37(36-20-18-17-19-21-36)25-38(27-39)45-31-43(56(11,12)13)34-49-50(45)59-52(46-32-42(55(8,9)10)33-47(51(46)61)57(14,15)16)60(49)44-29-40(53(2,3)4)28-41(30-44)54(5,6)7;/h17-26,28-34,61H,1-16H3;/q-1;. The second-order valence-corrected chi connectivity index (χ2v) is 22.4. The van der Waals surface area contributed by atoms with E-state index in [2.05, 4.69) is 212 Å². The van der Waals surface area contributed by atoms with Gasteiger partial charge in [0.25, 0.3) is 0 Å². The largest absolute Gasteiger partial charge is 0.507 e. The average molecular weight is 1000 g/mol. The summed E-state index contributed by atoms with van der Waals surface area (Å²) in [5.41, 5.74) is 15.5. The van der Waals surface area contributed by atoms with Crippen molar-refractivity contribution in [2.75, 3.05) is 0 Å². The van der Waals surface area contributed by atoms with Crippen molar-refractivity contribution >= 4 is 11.0 Å². The molecule has 0 radical (unpaired) electrons. The number of fused-ring (bicyclic) bond motifs is 1. The minimum absolute atomic E-state index is 0. The summed E-state index contributed by atoms with van der Waals surface area (Å²) in [4.78, 5) is 10.6. The van der Waals surface area contributed by atoms with E-state index in [1.54, 1.807) is 0 Å². The fourth-order valence-corrected chi connectivity index (χ4v) is 8.01. The Balaban J connectivity index is 0.00000641. The van der Waals surface area contributed by atoms with Gasteiger partial charge in [0, 0.05) is 44.2 Å². The van der Waals surface area contributed by atoms with Crippen LogP contribution in [0.4, 0.5) is 0 Å². The van der Waals surface area contributed by atoms with Gasteiger partial charge in [0.15, 0.2) is 0 Å². The van der Waals surface area contributed by atoms with Crippen molar-refractivity contribution in [1.29, 1.82) is 0 Å². The van der Waals surface area contributed by atoms with E-state index in [0.29, 0.717) is 5.82 Å². The summed E-state index contributed by atoms with van der Waals surface area (Å²) < 4.78 is 2.33. The average Bonchev–Trinajstić information content (AvgIpc) is 3.55. The predicted molar refractivity (Wildman–Crippen MR) is 259 cm³/mol. The van der Waals surface area contributed by atoms with Gasteiger partial charge in [-0.3, -0.25) is 9.55 Å². The number of hydrogen-bond acceptors (Lipinski definition) is 3. The van der Waals surface area contributed by atoms with E-state index in [1.165, 1.54) is 16.7 Å². The van der Waals surface area contributed by atoms with Crippen LogP contribution in [-0.2, 0) is 48.1 Å². The molecule has 0 bridgehead atoms. The summed E-state index contributed by atoms with van der Waals surface area (Å²) in [6.07, 6.45) is 1.88. The van der Waals surface area contributed by atoms with Crippen LogP contribution in [0.5, 0.6) is 5.75 Å². The Morgan fingerprint density at radius 2 is 1.06 bits per heavy atom. The van der Waals surface area contributed by atoms with Gasteiger partial charge in [-0.15, -0.1) is 23.8 Å². The van der Waals surface area contributed by atoms with E-state index in [9.17, 15) is 5.11 Å². The number of hydrogen-bond donors (Lipinski definition) is 1. The zero-order valence-electron chi connectivity index (χ0n) is 39.9. The summed E-state index contributed by atoms with van der Waals surface area (Å²) in [5, 5.41) is 12.6. The van der Waals surface area contributed by atoms with Gasteiger partial charge >= 0.3 is 0 Å². The van der Waals surface area contributed by atoms with Crippen molar-refractivity contribution in [2.45, 2.75) is 138 Å². The number of benzene rings is 5. The van der Waals surface area contributed by atoms with Gasteiger partial charge in [0.1, 0.15) is 11.6 Å². The van der Waals surface area contributed by atoms with Crippen LogP contribution in [0.3, 0.4) is 0 Å². The summed E-state index contributed by atoms with van der Waals surface area (Å²) >= 11 is 0. The Kier molecular flexibility index (Phi) is 12.4. The van der Waals surface area contributed by atoms with Crippen LogP contribution in [0.2, 0.25) is 0 Å². The number of aryl methyl sites for hydroxylation is 1. The number of nitrogens with zero attached hydrogens (tertiary/aromatic N) is 3. The van der Waals surface area contributed by atoms with Gasteiger partial charge in [-0.05, 0) is 92.1 Å². The number of aromatic nitrogens is 3. The third kappa shape index (κ3) is 9.42. The number of imidazole rings is 1. The SMILES string of the molecule is Cc1ccnc(-c2[c-]c(-c3cc(C(C)(C)C)cc4c3nc(-c3cc(C(C)(C)C)cc(C(C)(C)C)c3O)n4-c3cc(C(C)(C)C)cc(C(C)(C)C)c3)cc(-c3ccccc3)c2)c1.[Pt]. The van der Waals surface area contributed by atoms with Crippen molar-refractivity contribution in [2.24, 2.45) is 0 Å². The quantitative estimate of drug-likeness (QED) is 0.175. The smallest absolute Gasteiger partial charge is 0.148 e. The van der Waals surface area contributed by atoms with Crippen molar-refractivity contribution < 1.29 is 26.2 Å². The molecular weight excluding hydrogens is 938 g/mol. The third-order valence-corrected chi connectivity index (χ3v) is 12.0.